The Morgan fingerprint density at radius 3 is 1.21 bits per heavy atom. The average Bonchev–Trinajstić information content (AvgIpc) is 2.67. The predicted molar refractivity (Wildman–Crippen MR) is 98.8 cm³/mol. The van der Waals surface area contributed by atoms with Crippen molar-refractivity contribution in [2.45, 2.75) is 26.1 Å². The van der Waals surface area contributed by atoms with Gasteiger partial charge in [0, 0.05) is 0 Å². The maximum absolute atomic E-state index is 11.8. The Balaban J connectivity index is 0.00000420. The third kappa shape index (κ3) is 6.32. The lowest BCUT2D eigenvalue weighted by atomic mass is 10.1. The summed E-state index contributed by atoms with van der Waals surface area (Å²) in [6.45, 7) is 3.59. The molecule has 0 radical (unpaired) electrons. The number of hydrogen-bond donors (Lipinski definition) is 2. The van der Waals surface area contributed by atoms with E-state index >= 15 is 0 Å². The minimum absolute atomic E-state index is 0. The number of hydrogen-bond acceptors (Lipinski definition) is 8. The molecule has 154 valence electrons. The van der Waals surface area contributed by atoms with Crippen molar-refractivity contribution in [2.75, 3.05) is 0 Å². The van der Waals surface area contributed by atoms with E-state index in [9.17, 15) is 29.4 Å². The molecular formula is C20H20O9. The van der Waals surface area contributed by atoms with E-state index in [4.69, 9.17) is 0 Å². The van der Waals surface area contributed by atoms with E-state index in [1.807, 2.05) is 0 Å². The Morgan fingerprint density at radius 1 is 0.655 bits per heavy atom. The van der Waals surface area contributed by atoms with Crippen molar-refractivity contribution in [3.8, 4) is 0 Å². The highest BCUT2D eigenvalue weighted by atomic mass is 16.6. The van der Waals surface area contributed by atoms with Crippen LogP contribution < -0.4 is 0 Å². The fourth-order valence-corrected chi connectivity index (χ4v) is 2.06. The highest BCUT2D eigenvalue weighted by Crippen LogP contribution is 2.09. The summed E-state index contributed by atoms with van der Waals surface area (Å²) in [5, 5.41) is 19.5. The Kier molecular flexibility index (Phi) is 8.34. The van der Waals surface area contributed by atoms with Crippen molar-refractivity contribution in [1.29, 1.82) is 0 Å². The van der Waals surface area contributed by atoms with Gasteiger partial charge in [0.2, 0.25) is 0 Å². The van der Waals surface area contributed by atoms with E-state index in [0.29, 0.717) is 0 Å². The van der Waals surface area contributed by atoms with Crippen LogP contribution >= 0.6 is 0 Å². The first-order valence-electron chi connectivity index (χ1n) is 8.20. The topological polar surface area (TPSA) is 159 Å². The number of benzene rings is 2. The first-order valence-corrected chi connectivity index (χ1v) is 8.20. The molecule has 0 saturated carbocycles. The van der Waals surface area contributed by atoms with Crippen molar-refractivity contribution >= 4 is 23.9 Å². The third-order valence-electron chi connectivity index (χ3n) is 3.74. The van der Waals surface area contributed by atoms with Crippen molar-refractivity contribution in [3.63, 3.8) is 0 Å². The summed E-state index contributed by atoms with van der Waals surface area (Å²) in [6.07, 6.45) is -4.82. The SMILES string of the molecule is Cc1ccc(C(=O)OC(=O)[C@H](O)[C@@H](O)C(=O)OC(=O)c2ccc(C)cc2)cc1.O. The molecular weight excluding hydrogens is 384 g/mol. The number of esters is 4. The molecule has 2 rings (SSSR count). The Labute approximate surface area is 165 Å². The predicted octanol–water partition coefficient (Wildman–Crippen LogP) is 0.268. The number of aryl methyl sites for hydroxylation is 2. The van der Waals surface area contributed by atoms with Gasteiger partial charge in [0.1, 0.15) is 0 Å². The lowest BCUT2D eigenvalue weighted by Crippen LogP contribution is -2.43. The van der Waals surface area contributed by atoms with Crippen molar-refractivity contribution < 1.29 is 44.3 Å². The smallest absolute Gasteiger partial charge is 0.346 e. The van der Waals surface area contributed by atoms with Crippen LogP contribution in [0.15, 0.2) is 48.5 Å². The molecule has 0 aromatic heterocycles. The molecule has 9 heteroatoms. The van der Waals surface area contributed by atoms with Gasteiger partial charge in [0.15, 0.2) is 12.2 Å². The first-order chi connectivity index (χ1) is 13.2. The van der Waals surface area contributed by atoms with Crippen LogP contribution in [-0.4, -0.2) is 51.8 Å². The molecule has 4 N–H and O–H groups in total. The summed E-state index contributed by atoms with van der Waals surface area (Å²) >= 11 is 0. The van der Waals surface area contributed by atoms with Crippen LogP contribution in [0.3, 0.4) is 0 Å². The summed E-state index contributed by atoms with van der Waals surface area (Å²) in [6, 6.07) is 12.1. The van der Waals surface area contributed by atoms with Gasteiger partial charge in [-0.2, -0.15) is 0 Å². The number of carbonyl (C=O) groups excluding carboxylic acids is 4. The summed E-state index contributed by atoms with van der Waals surface area (Å²) in [7, 11) is 0. The molecule has 0 saturated heterocycles. The zero-order valence-electron chi connectivity index (χ0n) is 15.6. The van der Waals surface area contributed by atoms with Crippen LogP contribution in [0.25, 0.3) is 0 Å². The molecule has 0 amide bonds. The third-order valence-corrected chi connectivity index (χ3v) is 3.74. The van der Waals surface area contributed by atoms with Crippen LogP contribution in [0.5, 0.6) is 0 Å². The fraction of sp³-hybridized carbons (Fsp3) is 0.200. The molecule has 9 nitrogen and oxygen atoms in total. The van der Waals surface area contributed by atoms with Gasteiger partial charge in [-0.3, -0.25) is 0 Å². The summed E-state index contributed by atoms with van der Waals surface area (Å²) in [5.74, 6) is -5.25. The zero-order valence-corrected chi connectivity index (χ0v) is 15.6. The highest BCUT2D eigenvalue weighted by Gasteiger charge is 2.35. The monoisotopic (exact) mass is 404 g/mol. The molecule has 0 fully saturated rings. The van der Waals surface area contributed by atoms with Crippen LogP contribution in [0, 0.1) is 13.8 Å². The van der Waals surface area contributed by atoms with Crippen LogP contribution in [0.1, 0.15) is 31.8 Å². The molecule has 0 bridgehead atoms. The number of ether oxygens (including phenoxy) is 2. The van der Waals surface area contributed by atoms with E-state index in [2.05, 4.69) is 9.47 Å². The van der Waals surface area contributed by atoms with Crippen molar-refractivity contribution in [3.05, 3.63) is 70.8 Å². The Hall–Kier alpha value is -3.40. The van der Waals surface area contributed by atoms with Crippen molar-refractivity contribution in [2.24, 2.45) is 0 Å². The second-order valence-corrected chi connectivity index (χ2v) is 6.04. The molecule has 2 aromatic rings. The van der Waals surface area contributed by atoms with Gasteiger partial charge in [-0.25, -0.2) is 19.2 Å². The zero-order chi connectivity index (χ0) is 20.8. The van der Waals surface area contributed by atoms with Gasteiger partial charge >= 0.3 is 23.9 Å². The van der Waals surface area contributed by atoms with Crippen LogP contribution in [0.2, 0.25) is 0 Å². The highest BCUT2D eigenvalue weighted by molar-refractivity contribution is 6.01. The van der Waals surface area contributed by atoms with Crippen molar-refractivity contribution in [1.82, 2.24) is 0 Å². The second-order valence-electron chi connectivity index (χ2n) is 6.04. The van der Waals surface area contributed by atoms with Gasteiger partial charge in [0.25, 0.3) is 0 Å². The molecule has 0 aliphatic heterocycles. The van der Waals surface area contributed by atoms with Crippen LogP contribution in [0.4, 0.5) is 0 Å². The second kappa shape index (κ2) is 10.2. The standard InChI is InChI=1S/C20H18O8.H2O/c1-11-3-7-13(8-4-11)17(23)27-19(25)15(21)16(22)20(26)28-18(24)14-9-5-12(2)6-10-14;/h3-10,15-16,21-22H,1-2H3;1H2/t15-,16-;/m1./s1. The molecule has 0 aliphatic carbocycles. The molecule has 2 atom stereocenters. The molecule has 0 aliphatic rings. The average molecular weight is 404 g/mol. The number of rotatable bonds is 5. The normalized spacial score (nSPS) is 12.1. The van der Waals surface area contributed by atoms with E-state index in [1.54, 1.807) is 38.1 Å². The molecule has 0 heterocycles. The van der Waals surface area contributed by atoms with Gasteiger partial charge in [-0.05, 0) is 38.1 Å². The molecule has 0 unspecified atom stereocenters. The summed E-state index contributed by atoms with van der Waals surface area (Å²) in [4.78, 5) is 47.3. The van der Waals surface area contributed by atoms with Gasteiger partial charge < -0.3 is 25.2 Å². The van der Waals surface area contributed by atoms with Crippen LogP contribution in [-0.2, 0) is 19.1 Å². The van der Waals surface area contributed by atoms with Gasteiger partial charge in [0.05, 0.1) is 11.1 Å². The lowest BCUT2D eigenvalue weighted by Gasteiger charge is -2.14. The van der Waals surface area contributed by atoms with E-state index in [0.717, 1.165) is 11.1 Å². The van der Waals surface area contributed by atoms with Gasteiger partial charge in [-0.15, -0.1) is 0 Å². The number of aliphatic hydroxyl groups excluding tert-OH is 2. The Morgan fingerprint density at radius 2 is 0.931 bits per heavy atom. The van der Waals surface area contributed by atoms with E-state index < -0.39 is 36.1 Å². The van der Waals surface area contributed by atoms with Gasteiger partial charge in [-0.1, -0.05) is 35.4 Å². The molecule has 2 aromatic carbocycles. The Bertz CT molecular complexity index is 810. The lowest BCUT2D eigenvalue weighted by molar-refractivity contribution is -0.166. The first kappa shape index (κ1) is 23.6. The maximum Gasteiger partial charge on any atom is 0.346 e. The minimum Gasteiger partial charge on any atom is -0.412 e. The van der Waals surface area contributed by atoms with E-state index in [1.165, 1.54) is 24.3 Å². The quantitative estimate of drug-likeness (QED) is 0.530. The minimum atomic E-state index is -2.41. The number of carbonyl (C=O) groups is 4. The summed E-state index contributed by atoms with van der Waals surface area (Å²) < 4.78 is 8.86. The maximum atomic E-state index is 11.8. The molecule has 29 heavy (non-hydrogen) atoms. The largest absolute Gasteiger partial charge is 0.412 e. The molecule has 0 spiro atoms. The van der Waals surface area contributed by atoms with E-state index in [-0.39, 0.29) is 16.6 Å². The summed E-state index contributed by atoms with van der Waals surface area (Å²) in [5.41, 5.74) is 1.83. The fourth-order valence-electron chi connectivity index (χ4n) is 2.06. The number of aliphatic hydroxyl groups is 2.